The van der Waals surface area contributed by atoms with Crippen molar-refractivity contribution in [1.29, 1.82) is 0 Å². The van der Waals surface area contributed by atoms with Crippen molar-refractivity contribution in [2.45, 2.75) is 13.0 Å². The topological polar surface area (TPSA) is 90.9 Å². The molecule has 1 unspecified atom stereocenters. The number of carbonyl (C=O) groups is 3. The van der Waals surface area contributed by atoms with E-state index >= 15 is 0 Å². The van der Waals surface area contributed by atoms with Crippen molar-refractivity contribution in [3.63, 3.8) is 0 Å². The van der Waals surface area contributed by atoms with Gasteiger partial charge in [-0.05, 0) is 37.3 Å². The van der Waals surface area contributed by atoms with Gasteiger partial charge in [0.1, 0.15) is 5.75 Å². The standard InChI is InChI=1S/C25H23NO6/c1-16-9-11-20(12-10-16)26-23(27)22(17-7-5-4-6-8-17)32-21-14-18(24(28)30-2)13-19(15-21)25(29)31-3/h4-15,22H,1-3H3,(H,26,27). The molecule has 7 heteroatoms. The predicted molar refractivity (Wildman–Crippen MR) is 119 cm³/mol. The summed E-state index contributed by atoms with van der Waals surface area (Å²) in [6.07, 6.45) is -1.05. The minimum Gasteiger partial charge on any atom is -0.476 e. The number of nitrogens with one attached hydrogen (secondary N) is 1. The highest BCUT2D eigenvalue weighted by Crippen LogP contribution is 2.27. The molecule has 1 N–H and O–H groups in total. The summed E-state index contributed by atoms with van der Waals surface area (Å²) in [5.74, 6) is -1.58. The lowest BCUT2D eigenvalue weighted by Gasteiger charge is -2.20. The van der Waals surface area contributed by atoms with Crippen molar-refractivity contribution < 1.29 is 28.6 Å². The van der Waals surface area contributed by atoms with Gasteiger partial charge in [0.25, 0.3) is 5.91 Å². The summed E-state index contributed by atoms with van der Waals surface area (Å²) in [5, 5.41) is 2.84. The van der Waals surface area contributed by atoms with E-state index in [0.29, 0.717) is 11.3 Å². The smallest absolute Gasteiger partial charge is 0.338 e. The Balaban J connectivity index is 1.97. The Morgan fingerprint density at radius 3 is 1.88 bits per heavy atom. The van der Waals surface area contributed by atoms with Crippen molar-refractivity contribution in [1.82, 2.24) is 0 Å². The van der Waals surface area contributed by atoms with Gasteiger partial charge in [0.15, 0.2) is 0 Å². The molecule has 0 aromatic heterocycles. The van der Waals surface area contributed by atoms with Gasteiger partial charge in [-0.1, -0.05) is 48.0 Å². The van der Waals surface area contributed by atoms with Crippen LogP contribution in [0.2, 0.25) is 0 Å². The molecule has 0 fully saturated rings. The largest absolute Gasteiger partial charge is 0.476 e. The van der Waals surface area contributed by atoms with Gasteiger partial charge in [0.2, 0.25) is 6.10 Å². The average molecular weight is 433 g/mol. The molecule has 1 amide bonds. The summed E-state index contributed by atoms with van der Waals surface area (Å²) in [5.41, 5.74) is 2.46. The zero-order valence-electron chi connectivity index (χ0n) is 18.0. The average Bonchev–Trinajstić information content (AvgIpc) is 2.83. The van der Waals surface area contributed by atoms with Crippen molar-refractivity contribution >= 4 is 23.5 Å². The SMILES string of the molecule is COC(=O)c1cc(OC(C(=O)Nc2ccc(C)cc2)c2ccccc2)cc(C(=O)OC)c1. The van der Waals surface area contributed by atoms with Crippen LogP contribution in [-0.4, -0.2) is 32.1 Å². The normalized spacial score (nSPS) is 11.2. The zero-order valence-corrected chi connectivity index (χ0v) is 18.0. The van der Waals surface area contributed by atoms with Crippen LogP contribution in [0.25, 0.3) is 0 Å². The Bertz CT molecular complexity index is 1070. The molecule has 0 bridgehead atoms. The first-order valence-corrected chi connectivity index (χ1v) is 9.82. The number of rotatable bonds is 7. The van der Waals surface area contributed by atoms with Gasteiger partial charge < -0.3 is 19.5 Å². The summed E-state index contributed by atoms with van der Waals surface area (Å²) in [6.45, 7) is 1.95. The van der Waals surface area contributed by atoms with Crippen LogP contribution in [0.4, 0.5) is 5.69 Å². The first-order chi connectivity index (χ1) is 15.4. The summed E-state index contributed by atoms with van der Waals surface area (Å²) in [7, 11) is 2.46. The Labute approximate surface area is 185 Å². The second-order valence-corrected chi connectivity index (χ2v) is 6.99. The van der Waals surface area contributed by atoms with E-state index < -0.39 is 23.9 Å². The molecular formula is C25H23NO6. The van der Waals surface area contributed by atoms with Crippen molar-refractivity contribution in [2.24, 2.45) is 0 Å². The molecule has 0 radical (unpaired) electrons. The zero-order chi connectivity index (χ0) is 23.1. The molecule has 0 aliphatic heterocycles. The minimum atomic E-state index is -1.05. The quantitative estimate of drug-likeness (QED) is 0.558. The summed E-state index contributed by atoms with van der Waals surface area (Å²) in [6, 6.07) is 20.4. The summed E-state index contributed by atoms with van der Waals surface area (Å²) < 4.78 is 15.5. The maximum atomic E-state index is 13.1. The molecule has 0 spiro atoms. The molecule has 164 valence electrons. The molecule has 0 saturated heterocycles. The molecule has 3 aromatic rings. The molecule has 7 nitrogen and oxygen atoms in total. The molecule has 0 aliphatic carbocycles. The molecule has 3 aromatic carbocycles. The fourth-order valence-electron chi connectivity index (χ4n) is 3.02. The summed E-state index contributed by atoms with van der Waals surface area (Å²) in [4.78, 5) is 37.3. The van der Waals surface area contributed by atoms with Gasteiger partial charge in [-0.2, -0.15) is 0 Å². The molecule has 1 atom stereocenters. The lowest BCUT2D eigenvalue weighted by Crippen LogP contribution is -2.26. The van der Waals surface area contributed by atoms with Gasteiger partial charge in [-0.15, -0.1) is 0 Å². The minimum absolute atomic E-state index is 0.0937. The number of benzene rings is 3. The fraction of sp³-hybridized carbons (Fsp3) is 0.160. The van der Waals surface area contributed by atoms with Gasteiger partial charge >= 0.3 is 11.9 Å². The molecule has 0 heterocycles. The van der Waals surface area contributed by atoms with Gasteiger partial charge in [-0.3, -0.25) is 4.79 Å². The van der Waals surface area contributed by atoms with E-state index in [9.17, 15) is 14.4 Å². The van der Waals surface area contributed by atoms with E-state index in [1.54, 1.807) is 36.4 Å². The molecule has 3 rings (SSSR count). The second kappa shape index (κ2) is 10.3. The monoisotopic (exact) mass is 433 g/mol. The fourth-order valence-corrected chi connectivity index (χ4v) is 3.02. The Hall–Kier alpha value is -4.13. The highest BCUT2D eigenvalue weighted by Gasteiger charge is 2.24. The van der Waals surface area contributed by atoms with Crippen LogP contribution >= 0.6 is 0 Å². The number of ether oxygens (including phenoxy) is 3. The predicted octanol–water partition coefficient (Wildman–Crippen LogP) is 4.33. The maximum absolute atomic E-state index is 13.1. The van der Waals surface area contributed by atoms with E-state index in [2.05, 4.69) is 5.32 Å². The number of methoxy groups -OCH3 is 2. The number of esters is 2. The van der Waals surface area contributed by atoms with Crippen LogP contribution in [0.15, 0.2) is 72.8 Å². The van der Waals surface area contributed by atoms with Gasteiger partial charge in [0, 0.05) is 11.3 Å². The van der Waals surface area contributed by atoms with Crippen molar-refractivity contribution in [3.8, 4) is 5.75 Å². The Morgan fingerprint density at radius 2 is 1.34 bits per heavy atom. The highest BCUT2D eigenvalue weighted by molar-refractivity contribution is 5.97. The third kappa shape index (κ3) is 5.51. The number of aryl methyl sites for hydroxylation is 1. The third-order valence-electron chi connectivity index (χ3n) is 4.66. The lowest BCUT2D eigenvalue weighted by molar-refractivity contribution is -0.123. The first-order valence-electron chi connectivity index (χ1n) is 9.82. The highest BCUT2D eigenvalue weighted by atomic mass is 16.5. The van der Waals surface area contributed by atoms with Crippen LogP contribution in [0.5, 0.6) is 5.75 Å². The van der Waals surface area contributed by atoms with Crippen molar-refractivity contribution in [3.05, 3.63) is 95.1 Å². The summed E-state index contributed by atoms with van der Waals surface area (Å²) >= 11 is 0. The van der Waals surface area contributed by atoms with E-state index in [-0.39, 0.29) is 16.9 Å². The second-order valence-electron chi connectivity index (χ2n) is 6.99. The van der Waals surface area contributed by atoms with E-state index in [4.69, 9.17) is 14.2 Å². The number of hydrogen-bond acceptors (Lipinski definition) is 6. The Kier molecular flexibility index (Phi) is 7.23. The van der Waals surface area contributed by atoms with Crippen LogP contribution in [0, 0.1) is 6.92 Å². The lowest BCUT2D eigenvalue weighted by atomic mass is 10.1. The van der Waals surface area contributed by atoms with Gasteiger partial charge in [0.05, 0.1) is 25.3 Å². The first kappa shape index (κ1) is 22.6. The maximum Gasteiger partial charge on any atom is 0.338 e. The molecular weight excluding hydrogens is 410 g/mol. The molecule has 0 saturated carbocycles. The number of hydrogen-bond donors (Lipinski definition) is 1. The van der Waals surface area contributed by atoms with Crippen LogP contribution < -0.4 is 10.1 Å². The molecule has 32 heavy (non-hydrogen) atoms. The molecule has 0 aliphatic rings. The van der Waals surface area contributed by atoms with Crippen LogP contribution in [0.3, 0.4) is 0 Å². The number of carbonyl (C=O) groups excluding carboxylic acids is 3. The number of amides is 1. The van der Waals surface area contributed by atoms with Crippen LogP contribution in [0.1, 0.15) is 37.9 Å². The van der Waals surface area contributed by atoms with E-state index in [0.717, 1.165) is 5.56 Å². The number of anilines is 1. The van der Waals surface area contributed by atoms with Crippen molar-refractivity contribution in [2.75, 3.05) is 19.5 Å². The van der Waals surface area contributed by atoms with E-state index in [1.165, 1.54) is 32.4 Å². The van der Waals surface area contributed by atoms with Gasteiger partial charge in [-0.25, -0.2) is 9.59 Å². The Morgan fingerprint density at radius 1 is 0.781 bits per heavy atom. The van der Waals surface area contributed by atoms with Crippen LogP contribution in [-0.2, 0) is 14.3 Å². The third-order valence-corrected chi connectivity index (χ3v) is 4.66. The van der Waals surface area contributed by atoms with E-state index in [1.807, 2.05) is 25.1 Å².